The van der Waals surface area contributed by atoms with E-state index in [1.54, 1.807) is 25.2 Å². The molecule has 2 aromatic rings. The van der Waals surface area contributed by atoms with Crippen molar-refractivity contribution in [3.05, 3.63) is 28.2 Å². The van der Waals surface area contributed by atoms with Gasteiger partial charge in [-0.15, -0.1) is 0 Å². The summed E-state index contributed by atoms with van der Waals surface area (Å²) >= 11 is 12.1. The number of nitrogens with one attached hydrogen (secondary N) is 1. The Morgan fingerprint density at radius 1 is 1.00 bits per heavy atom. The van der Waals surface area contributed by atoms with Gasteiger partial charge >= 0.3 is 0 Å². The van der Waals surface area contributed by atoms with Gasteiger partial charge in [0.1, 0.15) is 0 Å². The second-order valence-corrected chi connectivity index (χ2v) is 5.76. The smallest absolute Gasteiger partial charge is 0.230 e. The Balaban J connectivity index is 2.06. The van der Waals surface area contributed by atoms with Gasteiger partial charge in [-0.1, -0.05) is 23.2 Å². The molecule has 1 saturated heterocycles. The molecule has 0 aliphatic carbocycles. The lowest BCUT2D eigenvalue weighted by atomic mass is 10.2. The molecule has 3 rings (SSSR count). The molecule has 0 radical (unpaired) electrons. The summed E-state index contributed by atoms with van der Waals surface area (Å²) in [6.45, 7) is 1.95. The van der Waals surface area contributed by atoms with Crippen LogP contribution in [-0.2, 0) is 0 Å². The fraction of sp³-hybridized carbons (Fsp3) is 0.357. The standard InChI is InChI=1S/C14H15Cl2N5/c1-17-13-18-12(9-6-10(15)8-11(16)7-9)19-14(20-13)21-4-2-3-5-21/h6-8H,2-5H2,1H3,(H,17,18,19,20). The highest BCUT2D eigenvalue weighted by molar-refractivity contribution is 6.35. The number of hydrogen-bond acceptors (Lipinski definition) is 5. The molecule has 0 bridgehead atoms. The van der Waals surface area contributed by atoms with E-state index >= 15 is 0 Å². The molecule has 0 spiro atoms. The van der Waals surface area contributed by atoms with Crippen LogP contribution in [0.15, 0.2) is 18.2 Å². The molecule has 1 aromatic carbocycles. The summed E-state index contributed by atoms with van der Waals surface area (Å²) in [5, 5.41) is 4.10. The van der Waals surface area contributed by atoms with Gasteiger partial charge in [-0.2, -0.15) is 15.0 Å². The number of benzene rings is 1. The topological polar surface area (TPSA) is 53.9 Å². The SMILES string of the molecule is CNc1nc(-c2cc(Cl)cc(Cl)c2)nc(N2CCCC2)n1. The van der Waals surface area contributed by atoms with E-state index in [-0.39, 0.29) is 0 Å². The maximum absolute atomic E-state index is 6.06. The molecule has 7 heteroatoms. The summed E-state index contributed by atoms with van der Waals surface area (Å²) in [6, 6.07) is 5.29. The third kappa shape index (κ3) is 3.19. The van der Waals surface area contributed by atoms with Crippen molar-refractivity contribution >= 4 is 35.1 Å². The largest absolute Gasteiger partial charge is 0.357 e. The highest BCUT2D eigenvalue weighted by atomic mass is 35.5. The third-order valence-corrected chi connectivity index (χ3v) is 3.79. The number of rotatable bonds is 3. The average Bonchev–Trinajstić information content (AvgIpc) is 3.00. The number of halogens is 2. The molecule has 5 nitrogen and oxygen atoms in total. The van der Waals surface area contributed by atoms with Crippen molar-refractivity contribution in [3.63, 3.8) is 0 Å². The van der Waals surface area contributed by atoms with Crippen LogP contribution in [0.5, 0.6) is 0 Å². The van der Waals surface area contributed by atoms with Crippen LogP contribution >= 0.6 is 23.2 Å². The third-order valence-electron chi connectivity index (χ3n) is 3.36. The molecule has 1 aromatic heterocycles. The van der Waals surface area contributed by atoms with Crippen LogP contribution in [0, 0.1) is 0 Å². The molecule has 0 saturated carbocycles. The van der Waals surface area contributed by atoms with Crippen LogP contribution in [-0.4, -0.2) is 35.1 Å². The van der Waals surface area contributed by atoms with E-state index in [4.69, 9.17) is 23.2 Å². The minimum Gasteiger partial charge on any atom is -0.357 e. The van der Waals surface area contributed by atoms with E-state index in [1.165, 1.54) is 12.8 Å². The molecule has 1 aliphatic heterocycles. The molecule has 2 heterocycles. The van der Waals surface area contributed by atoms with Gasteiger partial charge in [-0.25, -0.2) is 0 Å². The van der Waals surface area contributed by atoms with Gasteiger partial charge in [0.2, 0.25) is 11.9 Å². The first-order valence-corrected chi connectivity index (χ1v) is 7.56. The van der Waals surface area contributed by atoms with Crippen LogP contribution in [0.4, 0.5) is 11.9 Å². The summed E-state index contributed by atoms with van der Waals surface area (Å²) in [6.07, 6.45) is 2.33. The Bertz CT molecular complexity index is 636. The van der Waals surface area contributed by atoms with Crippen molar-refractivity contribution in [2.24, 2.45) is 0 Å². The van der Waals surface area contributed by atoms with Crippen LogP contribution in [0.1, 0.15) is 12.8 Å². The van der Waals surface area contributed by atoms with Crippen LogP contribution in [0.25, 0.3) is 11.4 Å². The van der Waals surface area contributed by atoms with Crippen molar-refractivity contribution in [1.29, 1.82) is 0 Å². The Morgan fingerprint density at radius 3 is 2.29 bits per heavy atom. The predicted octanol–water partition coefficient (Wildman–Crippen LogP) is 3.49. The molecule has 0 unspecified atom stereocenters. The lowest BCUT2D eigenvalue weighted by molar-refractivity contribution is 0.885. The van der Waals surface area contributed by atoms with Gasteiger partial charge in [0, 0.05) is 35.7 Å². The van der Waals surface area contributed by atoms with E-state index in [0.717, 1.165) is 18.7 Å². The lowest BCUT2D eigenvalue weighted by Crippen LogP contribution is -2.21. The maximum atomic E-state index is 6.06. The van der Waals surface area contributed by atoms with E-state index in [1.807, 2.05) is 0 Å². The summed E-state index contributed by atoms with van der Waals surface area (Å²) in [4.78, 5) is 15.6. The zero-order valence-electron chi connectivity index (χ0n) is 11.6. The average molecular weight is 324 g/mol. The Kier molecular flexibility index (Phi) is 4.12. The minimum atomic E-state index is 0.540. The lowest BCUT2D eigenvalue weighted by Gasteiger charge is -2.16. The Morgan fingerprint density at radius 2 is 1.67 bits per heavy atom. The molecule has 1 N–H and O–H groups in total. The Labute approximate surface area is 133 Å². The number of hydrogen-bond donors (Lipinski definition) is 1. The van der Waals surface area contributed by atoms with Crippen molar-refractivity contribution in [2.75, 3.05) is 30.4 Å². The van der Waals surface area contributed by atoms with Crippen LogP contribution < -0.4 is 10.2 Å². The number of anilines is 2. The van der Waals surface area contributed by atoms with Crippen molar-refractivity contribution < 1.29 is 0 Å². The molecular formula is C14H15Cl2N5. The number of nitrogens with zero attached hydrogens (tertiary/aromatic N) is 4. The predicted molar refractivity (Wildman–Crippen MR) is 86.3 cm³/mol. The maximum Gasteiger partial charge on any atom is 0.230 e. The van der Waals surface area contributed by atoms with Gasteiger partial charge in [0.25, 0.3) is 0 Å². The van der Waals surface area contributed by atoms with E-state index in [0.29, 0.717) is 27.8 Å². The van der Waals surface area contributed by atoms with Gasteiger partial charge in [0.15, 0.2) is 5.82 Å². The van der Waals surface area contributed by atoms with Gasteiger partial charge in [0.05, 0.1) is 0 Å². The quantitative estimate of drug-likeness (QED) is 0.937. The Hall–Kier alpha value is -1.59. The fourth-order valence-electron chi connectivity index (χ4n) is 2.35. The van der Waals surface area contributed by atoms with E-state index in [9.17, 15) is 0 Å². The molecule has 0 amide bonds. The first-order chi connectivity index (χ1) is 10.2. The monoisotopic (exact) mass is 323 g/mol. The molecule has 0 atom stereocenters. The van der Waals surface area contributed by atoms with Gasteiger partial charge in [-0.05, 0) is 31.0 Å². The summed E-state index contributed by atoms with van der Waals surface area (Å²) in [5.74, 6) is 1.80. The zero-order chi connectivity index (χ0) is 14.8. The summed E-state index contributed by atoms with van der Waals surface area (Å²) < 4.78 is 0. The van der Waals surface area contributed by atoms with Crippen molar-refractivity contribution in [2.45, 2.75) is 12.8 Å². The summed E-state index contributed by atoms with van der Waals surface area (Å²) in [5.41, 5.74) is 0.784. The molecule has 1 fully saturated rings. The van der Waals surface area contributed by atoms with E-state index < -0.39 is 0 Å². The summed E-state index contributed by atoms with van der Waals surface area (Å²) in [7, 11) is 1.79. The molecular weight excluding hydrogens is 309 g/mol. The molecule has 110 valence electrons. The van der Waals surface area contributed by atoms with Crippen LogP contribution in [0.3, 0.4) is 0 Å². The zero-order valence-corrected chi connectivity index (χ0v) is 13.1. The highest BCUT2D eigenvalue weighted by Crippen LogP contribution is 2.27. The van der Waals surface area contributed by atoms with Crippen molar-refractivity contribution in [1.82, 2.24) is 15.0 Å². The van der Waals surface area contributed by atoms with Gasteiger partial charge in [-0.3, -0.25) is 0 Å². The first-order valence-electron chi connectivity index (χ1n) is 6.81. The van der Waals surface area contributed by atoms with E-state index in [2.05, 4.69) is 25.2 Å². The number of aromatic nitrogens is 3. The van der Waals surface area contributed by atoms with Crippen LogP contribution in [0.2, 0.25) is 10.0 Å². The van der Waals surface area contributed by atoms with Gasteiger partial charge < -0.3 is 10.2 Å². The second kappa shape index (κ2) is 6.03. The second-order valence-electron chi connectivity index (χ2n) is 4.88. The molecule has 21 heavy (non-hydrogen) atoms. The molecule has 1 aliphatic rings. The minimum absolute atomic E-state index is 0.540. The van der Waals surface area contributed by atoms with Crippen molar-refractivity contribution in [3.8, 4) is 11.4 Å². The first kappa shape index (κ1) is 14.4. The normalized spacial score (nSPS) is 14.5. The highest BCUT2D eigenvalue weighted by Gasteiger charge is 2.18. The fourth-order valence-corrected chi connectivity index (χ4v) is 2.87.